The molecule has 1 aromatic rings. The summed E-state index contributed by atoms with van der Waals surface area (Å²) in [7, 11) is 1.34. The normalized spacial score (nSPS) is 12.6. The molecule has 0 saturated carbocycles. The summed E-state index contributed by atoms with van der Waals surface area (Å²) in [6.45, 7) is 2.08. The lowest BCUT2D eigenvalue weighted by molar-refractivity contribution is 0.382. The van der Waals surface area contributed by atoms with Crippen LogP contribution in [0.5, 0.6) is 5.75 Å². The molecule has 2 N–H and O–H groups in total. The molecule has 0 spiro atoms. The predicted molar refractivity (Wildman–Crippen MR) is 50.4 cm³/mol. The van der Waals surface area contributed by atoms with Gasteiger partial charge in [0.15, 0.2) is 11.6 Å². The highest BCUT2D eigenvalue weighted by molar-refractivity contribution is 5.33. The smallest absolute Gasteiger partial charge is 0.167 e. The van der Waals surface area contributed by atoms with Gasteiger partial charge in [-0.2, -0.15) is 0 Å². The molecule has 78 valence electrons. The number of methoxy groups -OCH3 is 1. The van der Waals surface area contributed by atoms with Crippen LogP contribution in [-0.4, -0.2) is 13.7 Å². The molecule has 1 aromatic carbocycles. The summed E-state index contributed by atoms with van der Waals surface area (Å²) < 4.78 is 31.0. The minimum absolute atomic E-state index is 0.0432. The Kier molecular flexibility index (Phi) is 3.41. The molecule has 0 aliphatic rings. The number of benzene rings is 1. The molecule has 0 amide bonds. The van der Waals surface area contributed by atoms with E-state index in [1.165, 1.54) is 13.2 Å². The molecular weight excluding hydrogens is 188 g/mol. The molecule has 0 radical (unpaired) electrons. The SMILES string of the molecule is COc1cc(C(C)CN)c(F)cc1F. The van der Waals surface area contributed by atoms with E-state index in [1.807, 2.05) is 0 Å². The van der Waals surface area contributed by atoms with Gasteiger partial charge in [0.2, 0.25) is 0 Å². The first kappa shape index (κ1) is 10.9. The van der Waals surface area contributed by atoms with Gasteiger partial charge in [-0.3, -0.25) is 0 Å². The van der Waals surface area contributed by atoms with Crippen molar-refractivity contribution in [1.29, 1.82) is 0 Å². The van der Waals surface area contributed by atoms with E-state index < -0.39 is 11.6 Å². The van der Waals surface area contributed by atoms with E-state index in [0.29, 0.717) is 12.1 Å². The van der Waals surface area contributed by atoms with Crippen molar-refractivity contribution in [2.45, 2.75) is 12.8 Å². The molecule has 0 fully saturated rings. The van der Waals surface area contributed by atoms with Gasteiger partial charge in [0, 0.05) is 6.07 Å². The quantitative estimate of drug-likeness (QED) is 0.812. The standard InChI is InChI=1S/C10H13F2NO/c1-6(5-13)7-3-10(14-2)9(12)4-8(7)11/h3-4,6H,5,13H2,1-2H3. The first-order valence-corrected chi connectivity index (χ1v) is 4.33. The van der Waals surface area contributed by atoms with Crippen molar-refractivity contribution in [2.24, 2.45) is 5.73 Å². The first-order valence-electron chi connectivity index (χ1n) is 4.33. The van der Waals surface area contributed by atoms with Crippen LogP contribution in [0.2, 0.25) is 0 Å². The zero-order chi connectivity index (χ0) is 10.7. The zero-order valence-electron chi connectivity index (χ0n) is 8.18. The Morgan fingerprint density at radius 3 is 2.50 bits per heavy atom. The number of nitrogens with two attached hydrogens (primary N) is 1. The van der Waals surface area contributed by atoms with Gasteiger partial charge in [0.25, 0.3) is 0 Å². The van der Waals surface area contributed by atoms with Crippen molar-refractivity contribution in [3.63, 3.8) is 0 Å². The highest BCUT2D eigenvalue weighted by Crippen LogP contribution is 2.26. The van der Waals surface area contributed by atoms with Gasteiger partial charge in [-0.05, 0) is 24.1 Å². The van der Waals surface area contributed by atoms with Crippen LogP contribution in [0.25, 0.3) is 0 Å². The fourth-order valence-corrected chi connectivity index (χ4v) is 1.21. The predicted octanol–water partition coefficient (Wildman–Crippen LogP) is 2.04. The maximum absolute atomic E-state index is 13.3. The van der Waals surface area contributed by atoms with Crippen molar-refractivity contribution in [1.82, 2.24) is 0 Å². The molecule has 0 aromatic heterocycles. The molecule has 4 heteroatoms. The Morgan fingerprint density at radius 1 is 1.36 bits per heavy atom. The highest BCUT2D eigenvalue weighted by atomic mass is 19.1. The van der Waals surface area contributed by atoms with Gasteiger partial charge in [-0.15, -0.1) is 0 Å². The molecule has 1 atom stereocenters. The van der Waals surface area contributed by atoms with Crippen LogP contribution in [0.1, 0.15) is 18.4 Å². The van der Waals surface area contributed by atoms with E-state index in [0.717, 1.165) is 6.07 Å². The van der Waals surface area contributed by atoms with Crippen molar-refractivity contribution in [2.75, 3.05) is 13.7 Å². The van der Waals surface area contributed by atoms with E-state index >= 15 is 0 Å². The second-order valence-corrected chi connectivity index (χ2v) is 3.15. The summed E-state index contributed by atoms with van der Waals surface area (Å²) >= 11 is 0. The molecule has 0 heterocycles. The fourth-order valence-electron chi connectivity index (χ4n) is 1.21. The van der Waals surface area contributed by atoms with Crippen LogP contribution in [0.4, 0.5) is 8.78 Å². The molecule has 0 aliphatic carbocycles. The number of ether oxygens (including phenoxy) is 1. The molecule has 1 rings (SSSR count). The van der Waals surface area contributed by atoms with Gasteiger partial charge in [0.1, 0.15) is 5.82 Å². The van der Waals surface area contributed by atoms with Crippen molar-refractivity contribution >= 4 is 0 Å². The summed E-state index contributed by atoms with van der Waals surface area (Å²) in [5.41, 5.74) is 5.78. The van der Waals surface area contributed by atoms with Gasteiger partial charge < -0.3 is 10.5 Å². The van der Waals surface area contributed by atoms with Crippen molar-refractivity contribution in [3.05, 3.63) is 29.3 Å². The van der Waals surface area contributed by atoms with Crippen LogP contribution in [0.15, 0.2) is 12.1 Å². The third-order valence-electron chi connectivity index (χ3n) is 2.16. The summed E-state index contributed by atoms with van der Waals surface area (Å²) in [5.74, 6) is -1.38. The number of hydrogen-bond donors (Lipinski definition) is 1. The highest BCUT2D eigenvalue weighted by Gasteiger charge is 2.14. The van der Waals surface area contributed by atoms with Gasteiger partial charge in [-0.1, -0.05) is 6.92 Å². The maximum atomic E-state index is 13.3. The number of halogens is 2. The minimum atomic E-state index is -0.696. The topological polar surface area (TPSA) is 35.2 Å². The average molecular weight is 201 g/mol. The Morgan fingerprint density at radius 2 is 2.00 bits per heavy atom. The van der Waals surface area contributed by atoms with Gasteiger partial charge in [0.05, 0.1) is 7.11 Å². The third-order valence-corrected chi connectivity index (χ3v) is 2.16. The molecule has 0 bridgehead atoms. The van der Waals surface area contributed by atoms with Crippen LogP contribution < -0.4 is 10.5 Å². The second-order valence-electron chi connectivity index (χ2n) is 3.15. The van der Waals surface area contributed by atoms with E-state index in [1.54, 1.807) is 6.92 Å². The summed E-state index contributed by atoms with van der Waals surface area (Å²) in [4.78, 5) is 0. The monoisotopic (exact) mass is 201 g/mol. The number of hydrogen-bond acceptors (Lipinski definition) is 2. The summed E-state index contributed by atoms with van der Waals surface area (Å²) in [6.07, 6.45) is 0. The lowest BCUT2D eigenvalue weighted by Crippen LogP contribution is -2.11. The molecule has 0 saturated heterocycles. The van der Waals surface area contributed by atoms with E-state index in [4.69, 9.17) is 10.5 Å². The van der Waals surface area contributed by atoms with Crippen molar-refractivity contribution < 1.29 is 13.5 Å². The van der Waals surface area contributed by atoms with E-state index in [9.17, 15) is 8.78 Å². The van der Waals surface area contributed by atoms with Crippen molar-refractivity contribution in [3.8, 4) is 5.75 Å². The number of rotatable bonds is 3. The molecular formula is C10H13F2NO. The minimum Gasteiger partial charge on any atom is -0.494 e. The Balaban J connectivity index is 3.17. The van der Waals surface area contributed by atoms with Crippen LogP contribution >= 0.6 is 0 Å². The van der Waals surface area contributed by atoms with E-state index in [-0.39, 0.29) is 11.7 Å². The average Bonchev–Trinajstić information content (AvgIpc) is 2.17. The van der Waals surface area contributed by atoms with Gasteiger partial charge >= 0.3 is 0 Å². The Hall–Kier alpha value is -1.16. The lowest BCUT2D eigenvalue weighted by Gasteiger charge is -2.12. The zero-order valence-corrected chi connectivity index (χ0v) is 8.18. The molecule has 14 heavy (non-hydrogen) atoms. The van der Waals surface area contributed by atoms with Crippen LogP contribution in [0.3, 0.4) is 0 Å². The summed E-state index contributed by atoms with van der Waals surface area (Å²) in [5, 5.41) is 0. The lowest BCUT2D eigenvalue weighted by atomic mass is 10.0. The van der Waals surface area contributed by atoms with Crippen LogP contribution in [0, 0.1) is 11.6 Å². The first-order chi connectivity index (χ1) is 6.60. The molecule has 1 unspecified atom stereocenters. The van der Waals surface area contributed by atoms with Gasteiger partial charge in [-0.25, -0.2) is 8.78 Å². The fraction of sp³-hybridized carbons (Fsp3) is 0.400. The van der Waals surface area contributed by atoms with E-state index in [2.05, 4.69) is 0 Å². The molecule has 2 nitrogen and oxygen atoms in total. The Bertz CT molecular complexity index is 328. The molecule has 0 aliphatic heterocycles. The van der Waals surface area contributed by atoms with Crippen LogP contribution in [-0.2, 0) is 0 Å². The largest absolute Gasteiger partial charge is 0.494 e. The second kappa shape index (κ2) is 4.37. The maximum Gasteiger partial charge on any atom is 0.167 e. The third kappa shape index (κ3) is 2.01. The summed E-state index contributed by atoms with van der Waals surface area (Å²) in [6, 6.07) is 2.17. The Labute approximate surface area is 81.7 Å².